The van der Waals surface area contributed by atoms with E-state index in [-0.39, 0.29) is 18.0 Å². The SMILES string of the molecule is O=C(NCc1cccs1)[C@@H]1C[C@H](n2cnnn2)CN1Cc1ccc(-c2ccccc2)cc1. The third-order valence-corrected chi connectivity index (χ3v) is 6.76. The molecule has 0 aliphatic carbocycles. The van der Waals surface area contributed by atoms with Crippen LogP contribution < -0.4 is 5.32 Å². The fraction of sp³-hybridized carbons (Fsp3) is 0.250. The molecule has 8 heteroatoms. The Morgan fingerprint density at radius 3 is 2.56 bits per heavy atom. The molecule has 5 rings (SSSR count). The van der Waals surface area contributed by atoms with Crippen molar-refractivity contribution in [2.45, 2.75) is 31.6 Å². The summed E-state index contributed by atoms with van der Waals surface area (Å²) in [6.45, 7) is 1.98. The van der Waals surface area contributed by atoms with Gasteiger partial charge in [0.25, 0.3) is 0 Å². The highest BCUT2D eigenvalue weighted by Gasteiger charge is 2.38. The minimum Gasteiger partial charge on any atom is -0.350 e. The molecule has 4 aromatic rings. The van der Waals surface area contributed by atoms with Crippen molar-refractivity contribution < 1.29 is 4.79 Å². The van der Waals surface area contributed by atoms with E-state index < -0.39 is 0 Å². The second-order valence-corrected chi connectivity index (χ2v) is 9.02. The van der Waals surface area contributed by atoms with Crippen LogP contribution in [0.4, 0.5) is 0 Å². The Hall–Kier alpha value is -3.36. The molecular formula is C24H24N6OS. The van der Waals surface area contributed by atoms with E-state index in [2.05, 4.69) is 62.1 Å². The molecule has 0 unspecified atom stereocenters. The first-order chi connectivity index (χ1) is 15.8. The minimum atomic E-state index is -0.224. The fourth-order valence-electron chi connectivity index (χ4n) is 4.23. The Morgan fingerprint density at radius 1 is 1.03 bits per heavy atom. The summed E-state index contributed by atoms with van der Waals surface area (Å²) in [5.41, 5.74) is 3.57. The lowest BCUT2D eigenvalue weighted by atomic mass is 10.0. The number of rotatable bonds is 7. The summed E-state index contributed by atoms with van der Waals surface area (Å²) in [4.78, 5) is 16.5. The van der Waals surface area contributed by atoms with Crippen LogP contribution in [-0.4, -0.2) is 43.6 Å². The van der Waals surface area contributed by atoms with Gasteiger partial charge in [-0.25, -0.2) is 4.68 Å². The zero-order valence-electron chi connectivity index (χ0n) is 17.5. The number of nitrogens with one attached hydrogen (secondary N) is 1. The highest BCUT2D eigenvalue weighted by Crippen LogP contribution is 2.29. The Kier molecular flexibility index (Phi) is 6.04. The molecule has 1 fully saturated rings. The first-order valence-electron chi connectivity index (χ1n) is 10.7. The van der Waals surface area contributed by atoms with Crippen molar-refractivity contribution in [2.75, 3.05) is 6.54 Å². The second kappa shape index (κ2) is 9.42. The summed E-state index contributed by atoms with van der Waals surface area (Å²) in [7, 11) is 0. The Labute approximate surface area is 190 Å². The van der Waals surface area contributed by atoms with Gasteiger partial charge in [-0.1, -0.05) is 60.7 Å². The number of benzene rings is 2. The van der Waals surface area contributed by atoms with Gasteiger partial charge < -0.3 is 5.32 Å². The monoisotopic (exact) mass is 444 g/mol. The van der Waals surface area contributed by atoms with Crippen molar-refractivity contribution >= 4 is 17.2 Å². The van der Waals surface area contributed by atoms with Gasteiger partial charge in [-0.05, 0) is 45.0 Å². The first kappa shape index (κ1) is 20.5. The largest absolute Gasteiger partial charge is 0.350 e. The Morgan fingerprint density at radius 2 is 1.84 bits per heavy atom. The van der Waals surface area contributed by atoms with Gasteiger partial charge in [0, 0.05) is 18.0 Å². The summed E-state index contributed by atoms with van der Waals surface area (Å²) in [5.74, 6) is 0.0508. The highest BCUT2D eigenvalue weighted by atomic mass is 32.1. The van der Waals surface area contributed by atoms with E-state index in [4.69, 9.17) is 0 Å². The van der Waals surface area contributed by atoms with E-state index in [0.29, 0.717) is 19.5 Å². The lowest BCUT2D eigenvalue weighted by Crippen LogP contribution is -2.42. The van der Waals surface area contributed by atoms with Crippen molar-refractivity contribution in [3.63, 3.8) is 0 Å². The van der Waals surface area contributed by atoms with Crippen molar-refractivity contribution in [2.24, 2.45) is 0 Å². The molecule has 3 heterocycles. The van der Waals surface area contributed by atoms with Crippen molar-refractivity contribution in [1.29, 1.82) is 0 Å². The van der Waals surface area contributed by atoms with E-state index in [9.17, 15) is 4.79 Å². The highest BCUT2D eigenvalue weighted by molar-refractivity contribution is 7.09. The fourth-order valence-corrected chi connectivity index (χ4v) is 4.87. The predicted octanol–water partition coefficient (Wildman–Crippen LogP) is 3.53. The number of tetrazole rings is 1. The third kappa shape index (κ3) is 4.61. The number of carbonyl (C=O) groups excluding carboxylic acids is 1. The molecule has 7 nitrogen and oxygen atoms in total. The molecule has 162 valence electrons. The van der Waals surface area contributed by atoms with Crippen molar-refractivity contribution in [1.82, 2.24) is 30.4 Å². The number of nitrogens with zero attached hydrogens (tertiary/aromatic N) is 5. The van der Waals surface area contributed by atoms with Gasteiger partial charge in [-0.3, -0.25) is 9.69 Å². The van der Waals surface area contributed by atoms with Gasteiger partial charge in [0.15, 0.2) is 0 Å². The second-order valence-electron chi connectivity index (χ2n) is 7.98. The van der Waals surface area contributed by atoms with Crippen LogP contribution in [0, 0.1) is 0 Å². The lowest BCUT2D eigenvalue weighted by molar-refractivity contribution is -0.125. The standard InChI is InChI=1S/C24H24N6OS/c31-24(25-14-22-7-4-12-32-22)23-13-21(30-17-26-27-28-30)16-29(23)15-18-8-10-20(11-9-18)19-5-2-1-3-6-19/h1-12,17,21,23H,13-16H2,(H,25,31)/t21-,23-/m0/s1. The normalized spacial score (nSPS) is 18.6. The van der Waals surface area contributed by atoms with Crippen LogP contribution in [0.3, 0.4) is 0 Å². The number of aromatic nitrogens is 4. The van der Waals surface area contributed by atoms with Gasteiger partial charge in [0.1, 0.15) is 6.33 Å². The lowest BCUT2D eigenvalue weighted by Gasteiger charge is -2.23. The minimum absolute atomic E-state index is 0.0508. The molecule has 1 amide bonds. The molecule has 2 atom stereocenters. The molecular weight excluding hydrogens is 420 g/mol. The number of likely N-dealkylation sites (tertiary alicyclic amines) is 1. The first-order valence-corrected chi connectivity index (χ1v) is 11.6. The summed E-state index contributed by atoms with van der Waals surface area (Å²) in [5, 5.41) is 16.7. The number of hydrogen-bond donors (Lipinski definition) is 1. The topological polar surface area (TPSA) is 75.9 Å². The predicted molar refractivity (Wildman–Crippen MR) is 124 cm³/mol. The average Bonchev–Trinajstić information content (AvgIpc) is 3.61. The van der Waals surface area contributed by atoms with E-state index in [1.165, 1.54) is 16.7 Å². The maximum Gasteiger partial charge on any atom is 0.237 e. The molecule has 2 aromatic heterocycles. The van der Waals surface area contributed by atoms with Gasteiger partial charge in [-0.15, -0.1) is 16.4 Å². The molecule has 1 N–H and O–H groups in total. The molecule has 1 saturated heterocycles. The average molecular weight is 445 g/mol. The van der Waals surface area contributed by atoms with E-state index in [1.807, 2.05) is 35.7 Å². The molecule has 2 aromatic carbocycles. The maximum atomic E-state index is 13.1. The van der Waals surface area contributed by atoms with Crippen LogP contribution in [0.25, 0.3) is 11.1 Å². The summed E-state index contributed by atoms with van der Waals surface area (Å²) >= 11 is 1.65. The number of hydrogen-bond acceptors (Lipinski definition) is 6. The van der Waals surface area contributed by atoms with E-state index in [1.54, 1.807) is 22.3 Å². The smallest absolute Gasteiger partial charge is 0.237 e. The zero-order chi connectivity index (χ0) is 21.8. The van der Waals surface area contributed by atoms with Crippen LogP contribution in [0.2, 0.25) is 0 Å². The molecule has 1 aliphatic rings. The van der Waals surface area contributed by atoms with Crippen LogP contribution in [0.5, 0.6) is 0 Å². The molecule has 0 radical (unpaired) electrons. The number of carbonyl (C=O) groups is 1. The van der Waals surface area contributed by atoms with Gasteiger partial charge >= 0.3 is 0 Å². The zero-order valence-corrected chi connectivity index (χ0v) is 18.4. The Balaban J connectivity index is 1.30. The van der Waals surface area contributed by atoms with Gasteiger partial charge in [0.2, 0.25) is 5.91 Å². The molecule has 1 aliphatic heterocycles. The van der Waals surface area contributed by atoms with Crippen molar-refractivity contribution in [3.8, 4) is 11.1 Å². The van der Waals surface area contributed by atoms with E-state index in [0.717, 1.165) is 11.4 Å². The van der Waals surface area contributed by atoms with E-state index >= 15 is 0 Å². The molecule has 0 saturated carbocycles. The Bertz CT molecular complexity index is 1130. The molecule has 32 heavy (non-hydrogen) atoms. The maximum absolute atomic E-state index is 13.1. The number of thiophene rings is 1. The van der Waals surface area contributed by atoms with Gasteiger partial charge in [0.05, 0.1) is 18.6 Å². The summed E-state index contributed by atoms with van der Waals surface area (Å²) in [6, 6.07) is 22.8. The van der Waals surface area contributed by atoms with Crippen molar-refractivity contribution in [3.05, 3.63) is 88.9 Å². The molecule has 0 spiro atoms. The summed E-state index contributed by atoms with van der Waals surface area (Å²) < 4.78 is 1.76. The van der Waals surface area contributed by atoms with Crippen LogP contribution in [0.1, 0.15) is 22.9 Å². The quantitative estimate of drug-likeness (QED) is 0.472. The number of amides is 1. The summed E-state index contributed by atoms with van der Waals surface area (Å²) in [6.07, 6.45) is 2.31. The van der Waals surface area contributed by atoms with Gasteiger partial charge in [-0.2, -0.15) is 0 Å². The third-order valence-electron chi connectivity index (χ3n) is 5.89. The van der Waals surface area contributed by atoms with Crippen LogP contribution in [-0.2, 0) is 17.9 Å². The van der Waals surface area contributed by atoms with Crippen LogP contribution >= 0.6 is 11.3 Å². The molecule has 0 bridgehead atoms. The van der Waals surface area contributed by atoms with Crippen LogP contribution in [0.15, 0.2) is 78.4 Å².